The molecule has 2 aliphatic rings. The van der Waals surface area contributed by atoms with E-state index in [1.165, 1.54) is 0 Å². The van der Waals surface area contributed by atoms with Gasteiger partial charge >= 0.3 is 0 Å². The third-order valence-corrected chi connectivity index (χ3v) is 5.74. The van der Waals surface area contributed by atoms with Gasteiger partial charge in [-0.2, -0.15) is 0 Å². The van der Waals surface area contributed by atoms with Crippen LogP contribution in [0.5, 0.6) is 23.0 Å². The van der Waals surface area contributed by atoms with Gasteiger partial charge in [0.25, 0.3) is 0 Å². The van der Waals surface area contributed by atoms with Gasteiger partial charge in [0.1, 0.15) is 17.2 Å². The molecule has 4 rings (SSSR count). The van der Waals surface area contributed by atoms with Crippen molar-refractivity contribution < 1.29 is 18.9 Å². The Morgan fingerprint density at radius 3 is 2.37 bits per heavy atom. The van der Waals surface area contributed by atoms with Crippen molar-refractivity contribution in [2.45, 2.75) is 25.0 Å². The fraction of sp³-hybridized carbons (Fsp3) is 0.381. The van der Waals surface area contributed by atoms with Gasteiger partial charge in [-0.1, -0.05) is 0 Å². The number of rotatable bonds is 3. The molecule has 2 aromatic rings. The third-order valence-electron chi connectivity index (χ3n) is 5.74. The number of likely N-dealkylation sites (N-methyl/N-ethyl adjacent to an activating group) is 1. The van der Waals surface area contributed by atoms with Gasteiger partial charge in [-0.3, -0.25) is 0 Å². The number of ether oxygens (including phenoxy) is 4. The maximum absolute atomic E-state index is 6.62. The van der Waals surface area contributed by atoms with Crippen LogP contribution in [0.25, 0.3) is 0 Å². The van der Waals surface area contributed by atoms with Crippen molar-refractivity contribution in [2.75, 3.05) is 33.3 Å². The summed E-state index contributed by atoms with van der Waals surface area (Å²) < 4.78 is 22.9. The minimum atomic E-state index is -0.772. The Hall–Kier alpha value is -2.89. The molecule has 1 spiro atoms. The van der Waals surface area contributed by atoms with E-state index in [4.69, 9.17) is 23.9 Å². The second-order valence-electron chi connectivity index (χ2n) is 7.30. The first-order valence-electron chi connectivity index (χ1n) is 8.80. The second kappa shape index (κ2) is 5.81. The first kappa shape index (κ1) is 17.5. The van der Waals surface area contributed by atoms with Crippen molar-refractivity contribution in [2.24, 2.45) is 4.99 Å². The molecular weight excluding hydrogens is 344 g/mol. The minimum Gasteiger partial charge on any atom is -0.497 e. The molecule has 6 nitrogen and oxygen atoms in total. The number of hydrogen-bond donors (Lipinski definition) is 0. The SMILES string of the molecule is COc1cc(OC)c2c(c1)O[C@]1(C=N2)N(C)c2ccc(OC)cc2C1(C)C. The van der Waals surface area contributed by atoms with Crippen molar-refractivity contribution in [3.63, 3.8) is 0 Å². The molecule has 27 heavy (non-hydrogen) atoms. The summed E-state index contributed by atoms with van der Waals surface area (Å²) in [6, 6.07) is 9.75. The van der Waals surface area contributed by atoms with E-state index in [0.717, 1.165) is 17.0 Å². The number of methoxy groups -OCH3 is 3. The monoisotopic (exact) mass is 368 g/mol. The van der Waals surface area contributed by atoms with Gasteiger partial charge < -0.3 is 23.8 Å². The van der Waals surface area contributed by atoms with Crippen LogP contribution in [0.3, 0.4) is 0 Å². The Morgan fingerprint density at radius 1 is 0.963 bits per heavy atom. The summed E-state index contributed by atoms with van der Waals surface area (Å²) in [7, 11) is 6.94. The Morgan fingerprint density at radius 2 is 1.70 bits per heavy atom. The zero-order valence-corrected chi connectivity index (χ0v) is 16.5. The van der Waals surface area contributed by atoms with Crippen LogP contribution in [0.1, 0.15) is 19.4 Å². The zero-order valence-electron chi connectivity index (χ0n) is 16.5. The van der Waals surface area contributed by atoms with Gasteiger partial charge in [0.05, 0.1) is 33.0 Å². The van der Waals surface area contributed by atoms with Crippen molar-refractivity contribution >= 4 is 17.6 Å². The highest BCUT2D eigenvalue weighted by Crippen LogP contribution is 2.55. The van der Waals surface area contributed by atoms with E-state index < -0.39 is 5.72 Å². The van der Waals surface area contributed by atoms with Gasteiger partial charge in [0.15, 0.2) is 11.5 Å². The lowest BCUT2D eigenvalue weighted by atomic mass is 9.77. The molecule has 0 saturated heterocycles. The highest BCUT2D eigenvalue weighted by Gasteiger charge is 2.58. The predicted octanol–water partition coefficient (Wildman–Crippen LogP) is 3.93. The standard InChI is InChI=1S/C21H24N2O4/c1-20(2)15-9-13(24-4)7-8-16(15)23(3)21(20)12-22-19-17(26-6)10-14(25-5)11-18(19)27-21/h7-12H,1-6H3/t21-/m0/s1. The lowest BCUT2D eigenvalue weighted by Crippen LogP contribution is -2.61. The summed E-state index contributed by atoms with van der Waals surface area (Å²) in [6.07, 6.45) is 1.87. The van der Waals surface area contributed by atoms with Crippen LogP contribution in [0.2, 0.25) is 0 Å². The molecule has 142 valence electrons. The van der Waals surface area contributed by atoms with Gasteiger partial charge in [-0.05, 0) is 37.6 Å². The summed E-state index contributed by atoms with van der Waals surface area (Å²) in [4.78, 5) is 6.87. The second-order valence-corrected chi connectivity index (χ2v) is 7.30. The van der Waals surface area contributed by atoms with E-state index >= 15 is 0 Å². The quantitative estimate of drug-likeness (QED) is 0.822. The smallest absolute Gasteiger partial charge is 0.228 e. The molecule has 0 aromatic heterocycles. The topological polar surface area (TPSA) is 52.5 Å². The zero-order chi connectivity index (χ0) is 19.4. The average Bonchev–Trinajstić information content (AvgIpc) is 2.84. The molecule has 0 radical (unpaired) electrons. The van der Waals surface area contributed by atoms with Gasteiger partial charge in [0.2, 0.25) is 5.72 Å². The van der Waals surface area contributed by atoms with Crippen molar-refractivity contribution in [3.8, 4) is 23.0 Å². The van der Waals surface area contributed by atoms with Gasteiger partial charge in [-0.25, -0.2) is 4.99 Å². The van der Waals surface area contributed by atoms with Crippen LogP contribution in [0.4, 0.5) is 11.4 Å². The molecule has 0 fully saturated rings. The molecule has 0 bridgehead atoms. The van der Waals surface area contributed by atoms with E-state index in [-0.39, 0.29) is 5.41 Å². The lowest BCUT2D eigenvalue weighted by molar-refractivity contribution is 0.0818. The number of benzene rings is 2. The summed E-state index contributed by atoms with van der Waals surface area (Å²) in [6.45, 7) is 4.31. The summed E-state index contributed by atoms with van der Waals surface area (Å²) in [5.74, 6) is 2.74. The molecular formula is C21H24N2O4. The van der Waals surface area contributed by atoms with Crippen molar-refractivity contribution in [3.05, 3.63) is 35.9 Å². The molecule has 0 aliphatic carbocycles. The van der Waals surface area contributed by atoms with E-state index in [9.17, 15) is 0 Å². The summed E-state index contributed by atoms with van der Waals surface area (Å²) in [5.41, 5.74) is 1.76. The van der Waals surface area contributed by atoms with Crippen LogP contribution < -0.4 is 23.8 Å². The average molecular weight is 368 g/mol. The maximum Gasteiger partial charge on any atom is 0.228 e. The minimum absolute atomic E-state index is 0.372. The molecule has 2 heterocycles. The summed E-state index contributed by atoms with van der Waals surface area (Å²) >= 11 is 0. The van der Waals surface area contributed by atoms with Crippen LogP contribution in [0, 0.1) is 0 Å². The number of anilines is 1. The molecule has 0 N–H and O–H groups in total. The fourth-order valence-electron chi connectivity index (χ4n) is 4.05. The predicted molar refractivity (Wildman–Crippen MR) is 105 cm³/mol. The largest absolute Gasteiger partial charge is 0.497 e. The van der Waals surface area contributed by atoms with Crippen LogP contribution in [-0.4, -0.2) is 40.3 Å². The van der Waals surface area contributed by atoms with Crippen LogP contribution >= 0.6 is 0 Å². The Bertz CT molecular complexity index is 938. The van der Waals surface area contributed by atoms with Crippen molar-refractivity contribution in [1.29, 1.82) is 0 Å². The van der Waals surface area contributed by atoms with Gasteiger partial charge in [0, 0.05) is 24.9 Å². The van der Waals surface area contributed by atoms with Crippen LogP contribution in [0.15, 0.2) is 35.3 Å². The molecule has 2 aromatic carbocycles. The first-order chi connectivity index (χ1) is 12.9. The Kier molecular flexibility index (Phi) is 3.77. The number of nitrogens with zero attached hydrogens (tertiary/aromatic N) is 2. The van der Waals surface area contributed by atoms with Crippen molar-refractivity contribution in [1.82, 2.24) is 0 Å². The number of aliphatic imine (C=N–C) groups is 1. The molecule has 1 atom stereocenters. The highest BCUT2D eigenvalue weighted by atomic mass is 16.5. The van der Waals surface area contributed by atoms with Gasteiger partial charge in [-0.15, -0.1) is 0 Å². The third kappa shape index (κ3) is 2.22. The molecule has 0 amide bonds. The van der Waals surface area contributed by atoms with Crippen LogP contribution in [-0.2, 0) is 5.41 Å². The summed E-state index contributed by atoms with van der Waals surface area (Å²) in [5, 5.41) is 0. The maximum atomic E-state index is 6.62. The number of fused-ring (bicyclic) bond motifs is 2. The molecule has 0 unspecified atom stereocenters. The fourth-order valence-corrected chi connectivity index (χ4v) is 4.05. The molecule has 6 heteroatoms. The highest BCUT2D eigenvalue weighted by molar-refractivity contribution is 5.89. The van der Waals surface area contributed by atoms with E-state index in [1.807, 2.05) is 25.4 Å². The molecule has 0 saturated carbocycles. The van der Waals surface area contributed by atoms with E-state index in [2.05, 4.69) is 30.9 Å². The Labute approximate surface area is 159 Å². The van der Waals surface area contributed by atoms with E-state index in [0.29, 0.717) is 22.9 Å². The lowest BCUT2D eigenvalue weighted by Gasteiger charge is -2.44. The Balaban J connectivity index is 1.87. The van der Waals surface area contributed by atoms with E-state index in [1.54, 1.807) is 27.4 Å². The number of hydrogen-bond acceptors (Lipinski definition) is 6. The first-order valence-corrected chi connectivity index (χ1v) is 8.80. The normalized spacial score (nSPS) is 21.5. The molecule has 2 aliphatic heterocycles.